The van der Waals surface area contributed by atoms with Crippen LogP contribution in [0.3, 0.4) is 0 Å². The Labute approximate surface area is 271 Å². The van der Waals surface area contributed by atoms with E-state index in [-0.39, 0.29) is 35.9 Å². The lowest BCUT2D eigenvalue weighted by atomic mass is 10.0. The molecule has 1 aliphatic carbocycles. The van der Waals surface area contributed by atoms with Gasteiger partial charge in [0, 0.05) is 74.4 Å². The number of methoxy groups -OCH3 is 1. The third kappa shape index (κ3) is 7.28. The van der Waals surface area contributed by atoms with Gasteiger partial charge in [-0.1, -0.05) is 13.0 Å². The van der Waals surface area contributed by atoms with E-state index >= 15 is 0 Å². The van der Waals surface area contributed by atoms with Crippen LogP contribution in [-0.4, -0.2) is 84.1 Å². The van der Waals surface area contributed by atoms with Crippen LogP contribution >= 0.6 is 0 Å². The number of nitrogens with one attached hydrogen (secondary N) is 2. The summed E-state index contributed by atoms with van der Waals surface area (Å²) >= 11 is 0. The van der Waals surface area contributed by atoms with Crippen LogP contribution in [0.1, 0.15) is 53.7 Å². The number of amides is 3. The molecule has 0 atom stereocenters. The minimum atomic E-state index is -4.60. The highest BCUT2D eigenvalue weighted by atomic mass is 19.4. The molecule has 6 rings (SSSR count). The van der Waals surface area contributed by atoms with Crippen LogP contribution in [0.2, 0.25) is 0 Å². The van der Waals surface area contributed by atoms with Crippen LogP contribution in [0, 0.1) is 0 Å². The number of alkyl halides is 3. The van der Waals surface area contributed by atoms with E-state index in [1.54, 1.807) is 17.2 Å². The molecule has 3 amide bonds. The van der Waals surface area contributed by atoms with Crippen LogP contribution in [-0.2, 0) is 19.3 Å². The first kappa shape index (κ1) is 32.5. The lowest BCUT2D eigenvalue weighted by Crippen LogP contribution is -2.48. The first-order chi connectivity index (χ1) is 22.6. The first-order valence-corrected chi connectivity index (χ1v) is 15.9. The maximum absolute atomic E-state index is 14.2. The molecule has 0 spiro atoms. The third-order valence-electron chi connectivity index (χ3n) is 8.79. The SMILES string of the molecule is CCN1CCN(Cc2ccc(NC(=O)c3cc(OC)cc(N4Cc5cnc(NC6CC6)nc5N(CC)C4=O)c3)cc2C(F)(F)F)CC1. The molecule has 1 aromatic heterocycles. The van der Waals surface area contributed by atoms with E-state index in [1.165, 1.54) is 36.3 Å². The number of fused-ring (bicyclic) bond motifs is 1. The monoisotopic (exact) mass is 652 g/mol. The summed E-state index contributed by atoms with van der Waals surface area (Å²) in [5, 5.41) is 5.87. The zero-order valence-electron chi connectivity index (χ0n) is 26.7. The van der Waals surface area contributed by atoms with Crippen molar-refractivity contribution in [2.24, 2.45) is 0 Å². The van der Waals surface area contributed by atoms with E-state index in [0.717, 1.165) is 44.1 Å². The maximum atomic E-state index is 14.2. The van der Waals surface area contributed by atoms with Gasteiger partial charge >= 0.3 is 12.2 Å². The van der Waals surface area contributed by atoms with Crippen LogP contribution in [0.4, 0.5) is 41.1 Å². The number of halogens is 3. The summed E-state index contributed by atoms with van der Waals surface area (Å²) in [4.78, 5) is 43.5. The molecular weight excluding hydrogens is 613 g/mol. The molecule has 0 bridgehead atoms. The van der Waals surface area contributed by atoms with Gasteiger partial charge in [0.1, 0.15) is 11.6 Å². The predicted molar refractivity (Wildman–Crippen MR) is 173 cm³/mol. The van der Waals surface area contributed by atoms with Crippen molar-refractivity contribution in [3.05, 3.63) is 64.8 Å². The Balaban J connectivity index is 1.23. The van der Waals surface area contributed by atoms with Gasteiger partial charge in [-0.15, -0.1) is 0 Å². The number of nitrogens with zero attached hydrogens (tertiary/aromatic N) is 6. The van der Waals surface area contributed by atoms with Gasteiger partial charge in [-0.2, -0.15) is 18.2 Å². The number of rotatable bonds is 10. The molecule has 1 saturated carbocycles. The van der Waals surface area contributed by atoms with Crippen molar-refractivity contribution < 1.29 is 27.5 Å². The van der Waals surface area contributed by atoms with E-state index in [4.69, 9.17) is 4.74 Å². The smallest absolute Gasteiger partial charge is 0.416 e. The van der Waals surface area contributed by atoms with Crippen LogP contribution in [0.15, 0.2) is 42.6 Å². The van der Waals surface area contributed by atoms with Gasteiger partial charge in [0.15, 0.2) is 0 Å². The summed E-state index contributed by atoms with van der Waals surface area (Å²) in [6, 6.07) is 8.55. The molecule has 2 N–H and O–H groups in total. The van der Waals surface area contributed by atoms with Gasteiger partial charge < -0.3 is 20.3 Å². The second kappa shape index (κ2) is 13.4. The number of benzene rings is 2. The average molecular weight is 653 g/mol. The molecule has 2 fully saturated rings. The number of piperazine rings is 1. The molecule has 3 aliphatic rings. The van der Waals surface area contributed by atoms with Crippen molar-refractivity contribution in [3.8, 4) is 5.75 Å². The second-order valence-electron chi connectivity index (χ2n) is 12.0. The lowest BCUT2D eigenvalue weighted by Gasteiger charge is -2.35. The Morgan fingerprint density at radius 1 is 1.02 bits per heavy atom. The Morgan fingerprint density at radius 3 is 2.43 bits per heavy atom. The first-order valence-electron chi connectivity index (χ1n) is 15.9. The van der Waals surface area contributed by atoms with E-state index in [0.29, 0.717) is 48.9 Å². The molecule has 1 saturated heterocycles. The van der Waals surface area contributed by atoms with Crippen molar-refractivity contribution in [1.29, 1.82) is 0 Å². The molecule has 0 radical (unpaired) electrons. The molecule has 11 nitrogen and oxygen atoms in total. The molecule has 2 aliphatic heterocycles. The van der Waals surface area contributed by atoms with Gasteiger partial charge in [0.05, 0.1) is 24.9 Å². The largest absolute Gasteiger partial charge is 0.497 e. The third-order valence-corrected chi connectivity index (χ3v) is 8.79. The van der Waals surface area contributed by atoms with Gasteiger partial charge in [-0.05, 0) is 56.1 Å². The van der Waals surface area contributed by atoms with E-state index in [2.05, 4.69) is 32.4 Å². The van der Waals surface area contributed by atoms with E-state index in [1.807, 2.05) is 11.8 Å². The Bertz CT molecular complexity index is 1640. The minimum Gasteiger partial charge on any atom is -0.497 e. The highest BCUT2D eigenvalue weighted by Gasteiger charge is 2.35. The zero-order chi connectivity index (χ0) is 33.3. The fourth-order valence-corrected chi connectivity index (χ4v) is 5.94. The quantitative estimate of drug-likeness (QED) is 0.299. The van der Waals surface area contributed by atoms with Gasteiger partial charge in [0.2, 0.25) is 5.95 Å². The molecule has 250 valence electrons. The molecule has 0 unspecified atom stereocenters. The topological polar surface area (TPSA) is 106 Å². The van der Waals surface area contributed by atoms with Crippen molar-refractivity contribution in [3.63, 3.8) is 0 Å². The number of likely N-dealkylation sites (N-methyl/N-ethyl adjacent to an activating group) is 1. The highest BCUT2D eigenvalue weighted by Crippen LogP contribution is 2.36. The summed E-state index contributed by atoms with van der Waals surface area (Å²) in [5.41, 5.74) is 0.626. The van der Waals surface area contributed by atoms with Gasteiger partial charge in [-0.3, -0.25) is 19.5 Å². The molecule has 3 heterocycles. The normalized spacial score (nSPS) is 17.4. The van der Waals surface area contributed by atoms with E-state index < -0.39 is 17.6 Å². The van der Waals surface area contributed by atoms with E-state index in [9.17, 15) is 22.8 Å². The molecule has 3 aromatic rings. The van der Waals surface area contributed by atoms with Crippen LogP contribution in [0.5, 0.6) is 5.75 Å². The van der Waals surface area contributed by atoms with Crippen molar-refractivity contribution in [2.75, 3.05) is 66.8 Å². The summed E-state index contributed by atoms with van der Waals surface area (Å²) in [6.07, 6.45) is -0.792. The number of hydrogen-bond acceptors (Lipinski definition) is 8. The summed E-state index contributed by atoms with van der Waals surface area (Å²) in [7, 11) is 1.44. The lowest BCUT2D eigenvalue weighted by molar-refractivity contribution is -0.138. The Hall–Kier alpha value is -4.43. The Kier molecular flexibility index (Phi) is 9.24. The summed E-state index contributed by atoms with van der Waals surface area (Å²) in [5.74, 6) is 0.671. The standard InChI is InChI=1S/C33H39F3N8O3/c1-4-41-10-12-42(13-11-41)19-21-6-7-25(16-28(21)33(34,35)36)38-30(45)22-14-26(17-27(15-22)47-3)44-20-23-18-37-31(39-24-8-9-24)40-29(23)43(5-2)32(44)46/h6-7,14-18,24H,4-5,8-13,19-20H2,1-3H3,(H,38,45)(H,37,39,40). The second-order valence-corrected chi connectivity index (χ2v) is 12.0. The number of carbonyl (C=O) groups excluding carboxylic acids is 2. The Morgan fingerprint density at radius 2 is 1.77 bits per heavy atom. The zero-order valence-corrected chi connectivity index (χ0v) is 26.7. The summed E-state index contributed by atoms with van der Waals surface area (Å²) in [6.45, 7) is 8.52. The number of urea groups is 1. The molecule has 47 heavy (non-hydrogen) atoms. The number of ether oxygens (including phenoxy) is 1. The number of aromatic nitrogens is 2. The summed E-state index contributed by atoms with van der Waals surface area (Å²) < 4.78 is 48.0. The maximum Gasteiger partial charge on any atom is 0.416 e. The molecule has 2 aromatic carbocycles. The van der Waals surface area contributed by atoms with Crippen molar-refractivity contribution >= 4 is 35.1 Å². The van der Waals surface area contributed by atoms with Crippen molar-refractivity contribution in [1.82, 2.24) is 19.8 Å². The van der Waals surface area contributed by atoms with Crippen molar-refractivity contribution in [2.45, 2.75) is 52.0 Å². The molecular formula is C33H39F3N8O3. The average Bonchev–Trinajstić information content (AvgIpc) is 3.89. The number of carbonyl (C=O) groups is 2. The highest BCUT2D eigenvalue weighted by molar-refractivity contribution is 6.08. The number of hydrogen-bond donors (Lipinski definition) is 2. The fraction of sp³-hybridized carbons (Fsp3) is 0.455. The predicted octanol–water partition coefficient (Wildman–Crippen LogP) is 5.43. The minimum absolute atomic E-state index is 0.0131. The fourth-order valence-electron chi connectivity index (χ4n) is 5.94. The van der Waals surface area contributed by atoms with Crippen LogP contribution < -0.4 is 25.2 Å². The molecule has 14 heteroatoms. The van der Waals surface area contributed by atoms with Gasteiger partial charge in [0.25, 0.3) is 5.91 Å². The van der Waals surface area contributed by atoms with Crippen LogP contribution in [0.25, 0.3) is 0 Å². The number of anilines is 4. The van der Waals surface area contributed by atoms with Gasteiger partial charge in [-0.25, -0.2) is 9.78 Å².